The quantitative estimate of drug-likeness (QED) is 0.0746. The van der Waals surface area contributed by atoms with Crippen LogP contribution in [0.3, 0.4) is 0 Å². The van der Waals surface area contributed by atoms with E-state index in [2.05, 4.69) is 100 Å². The van der Waals surface area contributed by atoms with Gasteiger partial charge in [-0.15, -0.1) is 0 Å². The van der Waals surface area contributed by atoms with Crippen LogP contribution in [0.5, 0.6) is 0 Å². The van der Waals surface area contributed by atoms with E-state index >= 15 is 0 Å². The molecule has 0 radical (unpaired) electrons. The maximum absolute atomic E-state index is 6.37. The number of pyridine rings is 1. The van der Waals surface area contributed by atoms with Gasteiger partial charge >= 0.3 is 0 Å². The number of fused-ring (bicyclic) bond motifs is 1. The number of hydrogen-bond acceptors (Lipinski definition) is 7. The first-order valence-corrected chi connectivity index (χ1v) is 25.2. The fraction of sp³-hybridized carbons (Fsp3) is 0.553. The zero-order valence-corrected chi connectivity index (χ0v) is 32.9. The summed E-state index contributed by atoms with van der Waals surface area (Å²) >= 11 is 0. The van der Waals surface area contributed by atoms with Crippen molar-refractivity contribution < 1.29 is 9.47 Å². The van der Waals surface area contributed by atoms with Gasteiger partial charge in [-0.3, -0.25) is 9.88 Å². The molecule has 0 spiro atoms. The van der Waals surface area contributed by atoms with Gasteiger partial charge in [0.05, 0.1) is 11.9 Å². The van der Waals surface area contributed by atoms with Crippen LogP contribution in [-0.4, -0.2) is 85.9 Å². The van der Waals surface area contributed by atoms with Crippen LogP contribution in [0.1, 0.15) is 45.2 Å². The lowest BCUT2D eigenvalue weighted by Crippen LogP contribution is -2.45. The van der Waals surface area contributed by atoms with E-state index in [0.717, 1.165) is 90.8 Å². The average molecular weight is 687 g/mol. The van der Waals surface area contributed by atoms with E-state index in [1.807, 2.05) is 35.1 Å². The Bertz CT molecular complexity index is 1580. The molecule has 0 N–H and O–H groups in total. The predicted octanol–water partition coefficient (Wildman–Crippen LogP) is 8.87. The van der Waals surface area contributed by atoms with E-state index in [1.54, 1.807) is 0 Å². The Morgan fingerprint density at radius 1 is 0.812 bits per heavy atom. The van der Waals surface area contributed by atoms with Gasteiger partial charge < -0.3 is 14.4 Å². The van der Waals surface area contributed by atoms with E-state index in [1.165, 1.54) is 0 Å². The van der Waals surface area contributed by atoms with Crippen molar-refractivity contribution in [1.29, 1.82) is 0 Å². The molecule has 5 rings (SSSR count). The van der Waals surface area contributed by atoms with Gasteiger partial charge in [0.1, 0.15) is 19.3 Å². The highest BCUT2D eigenvalue weighted by Crippen LogP contribution is 2.35. The Kier molecular flexibility index (Phi) is 11.6. The number of nitrogens with zero attached hydrogens (tertiary/aromatic N) is 6. The summed E-state index contributed by atoms with van der Waals surface area (Å²) in [6, 6.07) is 19.0. The highest BCUT2D eigenvalue weighted by Gasteiger charge is 2.30. The fourth-order valence-corrected chi connectivity index (χ4v) is 7.57. The molecular weight excluding hydrogens is 629 g/mol. The molecule has 1 aliphatic heterocycles. The van der Waals surface area contributed by atoms with Crippen molar-refractivity contribution in [3.63, 3.8) is 0 Å². The fourth-order valence-electron chi connectivity index (χ4n) is 6.06. The van der Waals surface area contributed by atoms with Gasteiger partial charge in [0.2, 0.25) is 0 Å². The summed E-state index contributed by atoms with van der Waals surface area (Å²) in [5, 5.41) is 4.94. The molecule has 260 valence electrons. The second-order valence-electron chi connectivity index (χ2n) is 16.8. The van der Waals surface area contributed by atoms with E-state index < -0.39 is 16.1 Å². The minimum absolute atomic E-state index is 0.169. The van der Waals surface area contributed by atoms with Crippen LogP contribution in [0.4, 0.5) is 5.82 Å². The predicted molar refractivity (Wildman–Crippen MR) is 205 cm³/mol. The summed E-state index contributed by atoms with van der Waals surface area (Å²) in [5.41, 5.74) is 6.19. The van der Waals surface area contributed by atoms with Gasteiger partial charge in [-0.2, -0.15) is 9.61 Å². The van der Waals surface area contributed by atoms with Gasteiger partial charge in [-0.05, 0) is 64.9 Å². The van der Waals surface area contributed by atoms with Gasteiger partial charge in [0.15, 0.2) is 5.65 Å². The van der Waals surface area contributed by atoms with E-state index in [0.29, 0.717) is 19.4 Å². The third-order valence-electron chi connectivity index (χ3n) is 9.29. The molecule has 0 unspecified atom stereocenters. The smallest absolute Gasteiger partial charge is 0.165 e. The standard InChI is InChI=1S/C38H58N6O2Si2/c1-38(2,3)43-19-17-31(18-20-43)35-25-36(42(28-45-21-23-47(4,5)6)29-46-22-24-48(7,8)9)44-37(41-35)33(27-40-44)32-15-16-34(39-26-32)30-13-11-10-12-14-30/h10-16,25-27,31H,17-24,28-29H2,1-9H3. The number of aromatic nitrogens is 4. The highest BCUT2D eigenvalue weighted by molar-refractivity contribution is 6.76. The molecule has 4 heterocycles. The van der Waals surface area contributed by atoms with Crippen molar-refractivity contribution in [3.05, 3.63) is 66.6 Å². The summed E-state index contributed by atoms with van der Waals surface area (Å²) in [7, 11) is -2.45. The third-order valence-corrected chi connectivity index (χ3v) is 12.7. The molecule has 4 aromatic rings. The second kappa shape index (κ2) is 15.3. The van der Waals surface area contributed by atoms with Crippen molar-refractivity contribution in [2.45, 2.75) is 96.4 Å². The first-order valence-electron chi connectivity index (χ1n) is 17.7. The van der Waals surface area contributed by atoms with Crippen LogP contribution < -0.4 is 4.90 Å². The van der Waals surface area contributed by atoms with Crippen molar-refractivity contribution in [3.8, 4) is 22.4 Å². The monoisotopic (exact) mass is 686 g/mol. The Morgan fingerprint density at radius 2 is 1.44 bits per heavy atom. The molecule has 0 bridgehead atoms. The van der Waals surface area contributed by atoms with E-state index in [-0.39, 0.29) is 5.54 Å². The number of rotatable bonds is 14. The summed E-state index contributed by atoms with van der Waals surface area (Å²) < 4.78 is 14.7. The van der Waals surface area contributed by atoms with Gasteiger partial charge in [-0.1, -0.05) is 75.7 Å². The topological polar surface area (TPSA) is 68.0 Å². The van der Waals surface area contributed by atoms with Crippen LogP contribution >= 0.6 is 0 Å². The minimum atomic E-state index is -1.22. The second-order valence-corrected chi connectivity index (χ2v) is 28.0. The van der Waals surface area contributed by atoms with Gasteiger partial charge in [0, 0.05) is 75.5 Å². The maximum Gasteiger partial charge on any atom is 0.165 e. The van der Waals surface area contributed by atoms with E-state index in [4.69, 9.17) is 24.5 Å². The van der Waals surface area contributed by atoms with Crippen LogP contribution in [0, 0.1) is 0 Å². The summed E-state index contributed by atoms with van der Waals surface area (Å²) in [6.45, 7) is 25.8. The highest BCUT2D eigenvalue weighted by atomic mass is 28.3. The molecule has 1 aromatic carbocycles. The first-order chi connectivity index (χ1) is 22.7. The Labute approximate surface area is 290 Å². The minimum Gasteiger partial charge on any atom is -0.361 e. The molecule has 1 saturated heterocycles. The zero-order valence-electron chi connectivity index (χ0n) is 30.9. The number of piperidine rings is 1. The molecule has 1 aliphatic rings. The normalized spacial score (nSPS) is 15.4. The zero-order chi connectivity index (χ0) is 34.5. The molecule has 0 amide bonds. The Hall–Kier alpha value is -2.90. The van der Waals surface area contributed by atoms with Crippen LogP contribution in [0.25, 0.3) is 28.0 Å². The lowest BCUT2D eigenvalue weighted by atomic mass is 9.90. The molecule has 10 heteroatoms. The molecule has 48 heavy (non-hydrogen) atoms. The number of ether oxygens (including phenoxy) is 2. The Morgan fingerprint density at radius 3 is 1.98 bits per heavy atom. The summed E-state index contributed by atoms with van der Waals surface area (Å²) in [5.74, 6) is 1.34. The molecule has 0 aliphatic carbocycles. The van der Waals surface area contributed by atoms with Crippen molar-refractivity contribution in [2.75, 3.05) is 44.7 Å². The van der Waals surface area contributed by atoms with Crippen LogP contribution in [0.2, 0.25) is 51.4 Å². The van der Waals surface area contributed by atoms with E-state index in [9.17, 15) is 0 Å². The van der Waals surface area contributed by atoms with Crippen LogP contribution in [0.15, 0.2) is 60.9 Å². The van der Waals surface area contributed by atoms with Crippen LogP contribution in [-0.2, 0) is 9.47 Å². The molecule has 8 nitrogen and oxygen atoms in total. The van der Waals surface area contributed by atoms with Crippen molar-refractivity contribution in [2.24, 2.45) is 0 Å². The summed E-state index contributed by atoms with van der Waals surface area (Å²) in [6.07, 6.45) is 6.05. The molecule has 0 saturated carbocycles. The average Bonchev–Trinajstić information content (AvgIpc) is 3.47. The maximum atomic E-state index is 6.37. The molecule has 1 fully saturated rings. The molecule has 3 aromatic heterocycles. The number of benzene rings is 1. The van der Waals surface area contributed by atoms with Gasteiger partial charge in [0.25, 0.3) is 0 Å². The molecular formula is C38H58N6O2Si2. The largest absolute Gasteiger partial charge is 0.361 e. The lowest BCUT2D eigenvalue weighted by molar-refractivity contribution is 0.0940. The van der Waals surface area contributed by atoms with Crippen molar-refractivity contribution >= 4 is 27.6 Å². The SMILES string of the molecule is CC(C)(C)N1CCC(c2cc(N(COCC[Si](C)(C)C)COCC[Si](C)(C)C)n3ncc(-c4ccc(-c5ccccc5)nc4)c3n2)CC1. The molecule has 0 atom stereocenters. The summed E-state index contributed by atoms with van der Waals surface area (Å²) in [4.78, 5) is 15.0. The van der Waals surface area contributed by atoms with Crippen molar-refractivity contribution in [1.82, 2.24) is 24.5 Å². The number of anilines is 1. The Balaban J connectivity index is 1.51. The van der Waals surface area contributed by atoms with Gasteiger partial charge in [-0.25, -0.2) is 4.98 Å². The third kappa shape index (κ3) is 9.84. The number of likely N-dealkylation sites (tertiary alicyclic amines) is 1. The first kappa shape index (κ1) is 36.4. The number of hydrogen-bond donors (Lipinski definition) is 0. The lowest BCUT2D eigenvalue weighted by Gasteiger charge is -2.40.